The van der Waals surface area contributed by atoms with Gasteiger partial charge in [-0.1, -0.05) is 60.7 Å². The van der Waals surface area contributed by atoms with Crippen LogP contribution in [0.25, 0.3) is 0 Å². The Morgan fingerprint density at radius 3 is 1.61 bits per heavy atom. The van der Waals surface area contributed by atoms with Crippen molar-refractivity contribution in [2.75, 3.05) is 13.1 Å². The fraction of sp³-hybridized carbons (Fsp3) is 0.350. The lowest BCUT2D eigenvalue weighted by molar-refractivity contribution is -0.881. The standard InChI is InChI=1S/C20H23NO2/c22-20(23)21(15-9-1-2-10-16-21)19(17-11-5-3-6-12-17)18-13-7-4-8-14-18/h3-8,11-14,19H,1-2,9-10,15-16H2/p+1. The summed E-state index contributed by atoms with van der Waals surface area (Å²) < 4.78 is 0.119. The zero-order chi connectivity index (χ0) is 16.1. The molecule has 0 bridgehead atoms. The predicted octanol–water partition coefficient (Wildman–Crippen LogP) is 4.84. The predicted molar refractivity (Wildman–Crippen MR) is 91.2 cm³/mol. The molecule has 0 radical (unpaired) electrons. The molecule has 1 aliphatic rings. The Bertz CT molecular complexity index is 592. The van der Waals surface area contributed by atoms with E-state index in [1.165, 1.54) is 0 Å². The first-order chi connectivity index (χ1) is 11.2. The van der Waals surface area contributed by atoms with Gasteiger partial charge in [0.15, 0.2) is 6.04 Å². The van der Waals surface area contributed by atoms with E-state index in [4.69, 9.17) is 0 Å². The third-order valence-electron chi connectivity index (χ3n) is 4.97. The summed E-state index contributed by atoms with van der Waals surface area (Å²) in [6, 6.07) is 20.1. The SMILES string of the molecule is O=C(O)[N+]1(C(c2ccccc2)c2ccccc2)CCCCCC1. The topological polar surface area (TPSA) is 37.3 Å². The minimum absolute atomic E-state index is 0.119. The molecule has 1 heterocycles. The van der Waals surface area contributed by atoms with Crippen LogP contribution >= 0.6 is 0 Å². The smallest absolute Gasteiger partial charge is 0.435 e. The Balaban J connectivity index is 2.14. The molecule has 2 aromatic carbocycles. The molecule has 1 aliphatic heterocycles. The third kappa shape index (κ3) is 3.15. The average Bonchev–Trinajstić information content (AvgIpc) is 2.84. The van der Waals surface area contributed by atoms with Gasteiger partial charge in [0.05, 0.1) is 13.1 Å². The highest BCUT2D eigenvalue weighted by Crippen LogP contribution is 2.38. The largest absolute Gasteiger partial charge is 0.514 e. The van der Waals surface area contributed by atoms with Crippen molar-refractivity contribution in [3.63, 3.8) is 0 Å². The van der Waals surface area contributed by atoms with Crippen LogP contribution in [0.3, 0.4) is 0 Å². The van der Waals surface area contributed by atoms with Gasteiger partial charge in [-0.2, -0.15) is 4.79 Å². The first kappa shape index (κ1) is 15.8. The highest BCUT2D eigenvalue weighted by atomic mass is 16.4. The van der Waals surface area contributed by atoms with Gasteiger partial charge in [0.1, 0.15) is 0 Å². The second kappa shape index (κ2) is 6.97. The molecule has 3 rings (SSSR count). The van der Waals surface area contributed by atoms with Crippen molar-refractivity contribution in [3.05, 3.63) is 71.8 Å². The van der Waals surface area contributed by atoms with Gasteiger partial charge in [0.25, 0.3) is 0 Å². The monoisotopic (exact) mass is 310 g/mol. The van der Waals surface area contributed by atoms with Crippen LogP contribution in [0, 0.1) is 0 Å². The van der Waals surface area contributed by atoms with Gasteiger partial charge < -0.3 is 5.11 Å². The van der Waals surface area contributed by atoms with Crippen LogP contribution in [0.2, 0.25) is 0 Å². The number of nitrogens with zero attached hydrogens (tertiary/aromatic N) is 1. The first-order valence-corrected chi connectivity index (χ1v) is 8.44. The lowest BCUT2D eigenvalue weighted by atomic mass is 9.94. The van der Waals surface area contributed by atoms with Gasteiger partial charge >= 0.3 is 6.09 Å². The Morgan fingerprint density at radius 1 is 0.783 bits per heavy atom. The lowest BCUT2D eigenvalue weighted by Gasteiger charge is -2.39. The van der Waals surface area contributed by atoms with E-state index in [1.54, 1.807) is 0 Å². The Hall–Kier alpha value is -2.13. The summed E-state index contributed by atoms with van der Waals surface area (Å²) in [5.41, 5.74) is 2.17. The summed E-state index contributed by atoms with van der Waals surface area (Å²) in [4.78, 5) is 12.4. The van der Waals surface area contributed by atoms with Crippen molar-refractivity contribution in [1.29, 1.82) is 0 Å². The zero-order valence-corrected chi connectivity index (χ0v) is 13.4. The molecule has 2 aromatic rings. The summed E-state index contributed by atoms with van der Waals surface area (Å²) in [6.45, 7) is 1.40. The Kier molecular flexibility index (Phi) is 4.77. The van der Waals surface area contributed by atoms with E-state index in [0.717, 1.165) is 36.8 Å². The van der Waals surface area contributed by atoms with Crippen molar-refractivity contribution < 1.29 is 14.4 Å². The van der Waals surface area contributed by atoms with E-state index in [-0.39, 0.29) is 10.5 Å². The maximum absolute atomic E-state index is 12.4. The molecular weight excluding hydrogens is 286 g/mol. The summed E-state index contributed by atoms with van der Waals surface area (Å²) in [5.74, 6) is 0. The number of quaternary nitrogens is 1. The number of likely N-dealkylation sites (tertiary alicyclic amines) is 1. The van der Waals surface area contributed by atoms with E-state index >= 15 is 0 Å². The molecule has 1 fully saturated rings. The van der Waals surface area contributed by atoms with Gasteiger partial charge in [0.2, 0.25) is 0 Å². The normalized spacial score (nSPS) is 17.6. The number of carbonyl (C=O) groups is 1. The molecule has 1 N–H and O–H groups in total. The van der Waals surface area contributed by atoms with Crippen molar-refractivity contribution in [3.8, 4) is 0 Å². The first-order valence-electron chi connectivity index (χ1n) is 8.44. The summed E-state index contributed by atoms with van der Waals surface area (Å²) in [5, 5.41) is 10.2. The Labute approximate surface area is 137 Å². The van der Waals surface area contributed by atoms with E-state index < -0.39 is 6.09 Å². The third-order valence-corrected chi connectivity index (χ3v) is 4.97. The summed E-state index contributed by atoms with van der Waals surface area (Å²) in [6.07, 6.45) is 3.50. The quantitative estimate of drug-likeness (QED) is 0.823. The molecular formula is C20H24NO2+. The zero-order valence-electron chi connectivity index (χ0n) is 13.4. The van der Waals surface area contributed by atoms with E-state index in [0.29, 0.717) is 13.1 Å². The van der Waals surface area contributed by atoms with Crippen LogP contribution in [0.15, 0.2) is 60.7 Å². The number of carboxylic acid groups (broad SMARTS) is 1. The van der Waals surface area contributed by atoms with Crippen LogP contribution in [-0.4, -0.2) is 28.8 Å². The van der Waals surface area contributed by atoms with Gasteiger partial charge in [-0.25, -0.2) is 4.48 Å². The molecule has 3 nitrogen and oxygen atoms in total. The second-order valence-corrected chi connectivity index (χ2v) is 6.40. The molecule has 120 valence electrons. The van der Waals surface area contributed by atoms with Crippen LogP contribution in [-0.2, 0) is 0 Å². The summed E-state index contributed by atoms with van der Waals surface area (Å²) >= 11 is 0. The van der Waals surface area contributed by atoms with Crippen LogP contribution < -0.4 is 0 Å². The molecule has 0 aliphatic carbocycles. The Morgan fingerprint density at radius 2 is 1.22 bits per heavy atom. The second-order valence-electron chi connectivity index (χ2n) is 6.40. The molecule has 3 heteroatoms. The minimum atomic E-state index is -0.704. The molecule has 1 saturated heterocycles. The molecule has 0 aromatic heterocycles. The molecule has 0 atom stereocenters. The fourth-order valence-electron chi connectivity index (χ4n) is 3.85. The summed E-state index contributed by atoms with van der Waals surface area (Å²) in [7, 11) is 0. The van der Waals surface area contributed by atoms with Gasteiger partial charge in [-0.3, -0.25) is 0 Å². The maximum Gasteiger partial charge on any atom is 0.514 e. The highest BCUT2D eigenvalue weighted by molar-refractivity contribution is 5.58. The molecule has 0 unspecified atom stereocenters. The van der Waals surface area contributed by atoms with Gasteiger partial charge in [-0.05, 0) is 25.7 Å². The van der Waals surface area contributed by atoms with Crippen molar-refractivity contribution >= 4 is 6.09 Å². The van der Waals surface area contributed by atoms with Crippen LogP contribution in [0.1, 0.15) is 42.9 Å². The molecule has 0 saturated carbocycles. The molecule has 23 heavy (non-hydrogen) atoms. The van der Waals surface area contributed by atoms with Crippen molar-refractivity contribution in [2.45, 2.75) is 31.7 Å². The van der Waals surface area contributed by atoms with Crippen molar-refractivity contribution in [1.82, 2.24) is 0 Å². The highest BCUT2D eigenvalue weighted by Gasteiger charge is 2.46. The molecule has 0 spiro atoms. The lowest BCUT2D eigenvalue weighted by Crippen LogP contribution is -2.55. The maximum atomic E-state index is 12.4. The number of hydrogen-bond acceptors (Lipinski definition) is 1. The van der Waals surface area contributed by atoms with E-state index in [9.17, 15) is 9.90 Å². The number of hydrogen-bond donors (Lipinski definition) is 1. The average molecular weight is 310 g/mol. The number of rotatable bonds is 3. The number of benzene rings is 2. The molecule has 1 amide bonds. The number of amides is 1. The van der Waals surface area contributed by atoms with E-state index in [2.05, 4.69) is 24.3 Å². The van der Waals surface area contributed by atoms with E-state index in [1.807, 2.05) is 36.4 Å². The van der Waals surface area contributed by atoms with Crippen LogP contribution in [0.4, 0.5) is 4.79 Å². The van der Waals surface area contributed by atoms with Gasteiger partial charge in [-0.15, -0.1) is 0 Å². The minimum Gasteiger partial charge on any atom is -0.435 e. The van der Waals surface area contributed by atoms with Crippen molar-refractivity contribution in [2.24, 2.45) is 0 Å². The van der Waals surface area contributed by atoms with Gasteiger partial charge in [0, 0.05) is 11.1 Å². The fourth-order valence-corrected chi connectivity index (χ4v) is 3.85. The van der Waals surface area contributed by atoms with Crippen LogP contribution in [0.5, 0.6) is 0 Å².